The van der Waals surface area contributed by atoms with Crippen molar-refractivity contribution in [3.63, 3.8) is 0 Å². The number of ether oxygens (including phenoxy) is 1. The van der Waals surface area contributed by atoms with Gasteiger partial charge in [-0.1, -0.05) is 49.6 Å². The number of nitrogens with zero attached hydrogens (tertiary/aromatic N) is 1. The van der Waals surface area contributed by atoms with Crippen molar-refractivity contribution < 1.29 is 14.3 Å². The summed E-state index contributed by atoms with van der Waals surface area (Å²) in [7, 11) is 3.53. The van der Waals surface area contributed by atoms with Crippen LogP contribution in [-0.4, -0.2) is 42.7 Å². The first-order valence-corrected chi connectivity index (χ1v) is 11.5. The Morgan fingerprint density at radius 3 is 2.53 bits per heavy atom. The highest BCUT2D eigenvalue weighted by molar-refractivity contribution is 8.00. The molecular weight excluding hydrogens is 396 g/mol. The predicted molar refractivity (Wildman–Crippen MR) is 121 cm³/mol. The lowest BCUT2D eigenvalue weighted by molar-refractivity contribution is -0.129. The molecule has 5 nitrogen and oxygen atoms in total. The van der Waals surface area contributed by atoms with Gasteiger partial charge in [-0.05, 0) is 31.0 Å². The molecule has 1 aliphatic carbocycles. The maximum atomic E-state index is 12.8. The highest BCUT2D eigenvalue weighted by Crippen LogP contribution is 2.26. The Balaban J connectivity index is 1.59. The van der Waals surface area contributed by atoms with E-state index >= 15 is 0 Å². The number of rotatable bonds is 8. The van der Waals surface area contributed by atoms with Crippen molar-refractivity contribution in [1.29, 1.82) is 0 Å². The summed E-state index contributed by atoms with van der Waals surface area (Å²) in [5.74, 6) is 1.05. The first kappa shape index (κ1) is 22.2. The van der Waals surface area contributed by atoms with Gasteiger partial charge in [0, 0.05) is 30.1 Å². The van der Waals surface area contributed by atoms with Gasteiger partial charge < -0.3 is 15.0 Å². The molecule has 0 radical (unpaired) electrons. The molecule has 0 atom stereocenters. The monoisotopic (exact) mass is 426 g/mol. The van der Waals surface area contributed by atoms with Crippen LogP contribution >= 0.6 is 11.8 Å². The zero-order valence-electron chi connectivity index (χ0n) is 17.7. The van der Waals surface area contributed by atoms with Crippen molar-refractivity contribution in [3.8, 4) is 5.75 Å². The first-order chi connectivity index (χ1) is 14.6. The van der Waals surface area contributed by atoms with Gasteiger partial charge in [0.2, 0.25) is 5.91 Å². The molecule has 0 spiro atoms. The molecule has 3 rings (SSSR count). The van der Waals surface area contributed by atoms with E-state index in [0.717, 1.165) is 29.1 Å². The van der Waals surface area contributed by atoms with E-state index in [4.69, 9.17) is 4.74 Å². The predicted octanol–water partition coefficient (Wildman–Crippen LogP) is 4.51. The normalized spacial score (nSPS) is 14.2. The summed E-state index contributed by atoms with van der Waals surface area (Å²) in [6.45, 7) is 0.380. The third-order valence-electron chi connectivity index (χ3n) is 5.63. The quantitative estimate of drug-likeness (QED) is 0.631. The zero-order valence-corrected chi connectivity index (χ0v) is 18.5. The fraction of sp³-hybridized carbons (Fsp3) is 0.417. The molecule has 1 fully saturated rings. The summed E-state index contributed by atoms with van der Waals surface area (Å²) in [4.78, 5) is 28.2. The molecule has 6 heteroatoms. The van der Waals surface area contributed by atoms with Crippen molar-refractivity contribution in [3.05, 3.63) is 59.7 Å². The molecule has 0 unspecified atom stereocenters. The molecule has 1 N–H and O–H groups in total. The molecule has 0 aliphatic heterocycles. The molecule has 0 heterocycles. The van der Waals surface area contributed by atoms with Crippen molar-refractivity contribution in [2.24, 2.45) is 0 Å². The second-order valence-corrected chi connectivity index (χ2v) is 8.59. The summed E-state index contributed by atoms with van der Waals surface area (Å²) in [5.41, 5.74) is 1.51. The Bertz CT molecular complexity index is 865. The lowest BCUT2D eigenvalue weighted by Gasteiger charge is -2.31. The van der Waals surface area contributed by atoms with Crippen LogP contribution in [0, 0.1) is 0 Å². The highest BCUT2D eigenvalue weighted by atomic mass is 32.2. The van der Waals surface area contributed by atoms with E-state index in [9.17, 15) is 9.59 Å². The number of nitrogens with one attached hydrogen (secondary N) is 1. The molecule has 2 aromatic rings. The van der Waals surface area contributed by atoms with Gasteiger partial charge in [-0.3, -0.25) is 9.59 Å². The molecule has 2 amide bonds. The van der Waals surface area contributed by atoms with E-state index in [-0.39, 0.29) is 11.8 Å². The summed E-state index contributed by atoms with van der Waals surface area (Å²) in [6, 6.07) is 15.4. The van der Waals surface area contributed by atoms with E-state index < -0.39 is 0 Å². The van der Waals surface area contributed by atoms with E-state index in [2.05, 4.69) is 5.32 Å². The van der Waals surface area contributed by atoms with Gasteiger partial charge in [0.15, 0.2) is 0 Å². The SMILES string of the molecule is COc1ccccc1CNC(=O)c1ccccc1SCC(=O)N(C)C1CCCCC1. The number of hydrogen-bond acceptors (Lipinski definition) is 4. The van der Waals surface area contributed by atoms with Gasteiger partial charge in [0.1, 0.15) is 5.75 Å². The summed E-state index contributed by atoms with van der Waals surface area (Å²) < 4.78 is 5.35. The number of para-hydroxylation sites is 1. The lowest BCUT2D eigenvalue weighted by Crippen LogP contribution is -2.39. The van der Waals surface area contributed by atoms with Crippen molar-refractivity contribution in [1.82, 2.24) is 10.2 Å². The van der Waals surface area contributed by atoms with Crippen LogP contribution in [0.15, 0.2) is 53.4 Å². The van der Waals surface area contributed by atoms with Crippen molar-refractivity contribution >= 4 is 23.6 Å². The molecule has 0 aromatic heterocycles. The van der Waals surface area contributed by atoms with Crippen molar-refractivity contribution in [2.75, 3.05) is 19.9 Å². The van der Waals surface area contributed by atoms with Crippen LogP contribution in [0.3, 0.4) is 0 Å². The minimum atomic E-state index is -0.155. The Kier molecular flexibility index (Phi) is 8.20. The van der Waals surface area contributed by atoms with Gasteiger partial charge in [-0.15, -0.1) is 11.8 Å². The second kappa shape index (κ2) is 11.1. The van der Waals surface area contributed by atoms with Crippen LogP contribution in [0.1, 0.15) is 48.0 Å². The molecule has 2 aromatic carbocycles. The number of thioether (sulfide) groups is 1. The standard InChI is InChI=1S/C24H30N2O3S/c1-26(19-11-4-3-5-12-19)23(27)17-30-22-15-9-7-13-20(22)24(28)25-16-18-10-6-8-14-21(18)29-2/h6-10,13-15,19H,3-5,11-12,16-17H2,1-2H3,(H,25,28). The number of methoxy groups -OCH3 is 1. The van der Waals surface area contributed by atoms with Gasteiger partial charge in [0.25, 0.3) is 5.91 Å². The first-order valence-electron chi connectivity index (χ1n) is 10.5. The maximum absolute atomic E-state index is 12.8. The molecule has 160 valence electrons. The van der Waals surface area contributed by atoms with Crippen molar-refractivity contribution in [2.45, 2.75) is 49.6 Å². The number of hydrogen-bond donors (Lipinski definition) is 1. The van der Waals surface area contributed by atoms with E-state index in [1.807, 2.05) is 54.4 Å². The van der Waals surface area contributed by atoms with E-state index in [0.29, 0.717) is 23.9 Å². The van der Waals surface area contributed by atoms with Crippen LogP contribution in [0.4, 0.5) is 0 Å². The zero-order chi connectivity index (χ0) is 21.3. The van der Waals surface area contributed by atoms with Gasteiger partial charge in [0.05, 0.1) is 18.4 Å². The Morgan fingerprint density at radius 1 is 1.07 bits per heavy atom. The van der Waals surface area contributed by atoms with E-state index in [1.54, 1.807) is 13.2 Å². The van der Waals surface area contributed by atoms with Gasteiger partial charge >= 0.3 is 0 Å². The Labute approximate surface area is 183 Å². The van der Waals surface area contributed by atoms with Gasteiger partial charge in [-0.25, -0.2) is 0 Å². The number of amides is 2. The number of carbonyl (C=O) groups is 2. The fourth-order valence-electron chi connectivity index (χ4n) is 3.81. The third-order valence-corrected chi connectivity index (χ3v) is 6.69. The van der Waals surface area contributed by atoms with Crippen LogP contribution in [0.2, 0.25) is 0 Å². The van der Waals surface area contributed by atoms with Crippen LogP contribution < -0.4 is 10.1 Å². The molecule has 0 saturated heterocycles. The molecule has 1 aliphatic rings. The maximum Gasteiger partial charge on any atom is 0.252 e. The van der Waals surface area contributed by atoms with E-state index in [1.165, 1.54) is 31.0 Å². The second-order valence-electron chi connectivity index (χ2n) is 7.58. The topological polar surface area (TPSA) is 58.6 Å². The number of benzene rings is 2. The number of carbonyl (C=O) groups excluding carboxylic acids is 2. The lowest BCUT2D eigenvalue weighted by atomic mass is 9.94. The Morgan fingerprint density at radius 2 is 1.77 bits per heavy atom. The summed E-state index contributed by atoms with van der Waals surface area (Å²) in [6.07, 6.45) is 5.85. The molecule has 0 bridgehead atoms. The molecule has 30 heavy (non-hydrogen) atoms. The largest absolute Gasteiger partial charge is 0.496 e. The average molecular weight is 427 g/mol. The molecular formula is C24H30N2O3S. The van der Waals surface area contributed by atoms with Crippen LogP contribution in [0.5, 0.6) is 5.75 Å². The van der Waals surface area contributed by atoms with Gasteiger partial charge in [-0.2, -0.15) is 0 Å². The summed E-state index contributed by atoms with van der Waals surface area (Å²) in [5, 5.41) is 2.96. The fourth-order valence-corrected chi connectivity index (χ4v) is 4.79. The highest BCUT2D eigenvalue weighted by Gasteiger charge is 2.22. The minimum Gasteiger partial charge on any atom is -0.496 e. The minimum absolute atomic E-state index is 0.121. The average Bonchev–Trinajstić information content (AvgIpc) is 2.81. The third kappa shape index (κ3) is 5.79. The molecule has 1 saturated carbocycles. The smallest absolute Gasteiger partial charge is 0.252 e. The summed E-state index contributed by atoms with van der Waals surface area (Å²) >= 11 is 1.43. The van der Waals surface area contributed by atoms with Crippen LogP contribution in [-0.2, 0) is 11.3 Å². The Hall–Kier alpha value is -2.47. The van der Waals surface area contributed by atoms with Crippen LogP contribution in [0.25, 0.3) is 0 Å².